The van der Waals surface area contributed by atoms with Crippen LogP contribution in [0.1, 0.15) is 13.8 Å². The number of ether oxygens (including phenoxy) is 1. The number of hydrogen-bond acceptors (Lipinski definition) is 2. The molecule has 0 atom stereocenters. The molecule has 0 saturated carbocycles. The van der Waals surface area contributed by atoms with E-state index >= 15 is 0 Å². The van der Waals surface area contributed by atoms with Crippen LogP contribution in [0.2, 0.25) is 0 Å². The molecule has 10 heavy (non-hydrogen) atoms. The molecule has 0 rings (SSSR count). The normalized spacial score (nSPS) is 12.5. The molecule has 0 aliphatic heterocycles. The third-order valence-corrected chi connectivity index (χ3v) is 1.23. The van der Waals surface area contributed by atoms with Gasteiger partial charge in [0, 0.05) is 6.61 Å². The lowest BCUT2D eigenvalue weighted by Crippen LogP contribution is -2.03. The minimum atomic E-state index is -3.94. The molecule has 0 aromatic carbocycles. The van der Waals surface area contributed by atoms with Crippen LogP contribution in [0.25, 0.3) is 0 Å². The van der Waals surface area contributed by atoms with E-state index in [2.05, 4.69) is 0 Å². The van der Waals surface area contributed by atoms with Crippen LogP contribution in [0.15, 0.2) is 0 Å². The van der Waals surface area contributed by atoms with Crippen molar-refractivity contribution in [2.75, 3.05) is 13.0 Å². The summed E-state index contributed by atoms with van der Waals surface area (Å²) in [5.41, 5.74) is 0. The molecule has 0 amide bonds. The summed E-state index contributed by atoms with van der Waals surface area (Å²) in [6, 6.07) is 0. The monoisotopic (exact) mass is 168 g/mol. The van der Waals surface area contributed by atoms with Crippen molar-refractivity contribution in [2.45, 2.75) is 13.8 Å². The minimum Gasteiger partial charge on any atom is -0.369 e. The molecule has 0 bridgehead atoms. The highest BCUT2D eigenvalue weighted by Crippen LogP contribution is 2.33. The van der Waals surface area contributed by atoms with E-state index in [1.165, 1.54) is 0 Å². The van der Waals surface area contributed by atoms with Crippen molar-refractivity contribution in [3.63, 3.8) is 0 Å². The van der Waals surface area contributed by atoms with Crippen molar-refractivity contribution in [1.29, 1.82) is 0 Å². The molecule has 0 aliphatic rings. The first-order valence-electron chi connectivity index (χ1n) is 3.04. The van der Waals surface area contributed by atoms with Gasteiger partial charge in [-0.2, -0.15) is 0 Å². The third kappa shape index (κ3) is 8.11. The van der Waals surface area contributed by atoms with Gasteiger partial charge in [-0.15, -0.1) is 0 Å². The van der Waals surface area contributed by atoms with E-state index in [1.54, 1.807) is 0 Å². The first kappa shape index (κ1) is 10.1. The highest BCUT2D eigenvalue weighted by Gasteiger charge is 2.12. The summed E-state index contributed by atoms with van der Waals surface area (Å²) in [5, 5.41) is 0. The maximum atomic E-state index is 10.2. The maximum absolute atomic E-state index is 10.2. The summed E-state index contributed by atoms with van der Waals surface area (Å²) in [6.45, 7) is 4.23. The fourth-order valence-corrected chi connectivity index (χ4v) is 0.751. The Morgan fingerprint density at radius 3 is 2.30 bits per heavy atom. The Morgan fingerprint density at radius 1 is 1.50 bits per heavy atom. The van der Waals surface area contributed by atoms with Crippen LogP contribution in [0.3, 0.4) is 0 Å². The van der Waals surface area contributed by atoms with Gasteiger partial charge in [-0.25, -0.2) is 0 Å². The third-order valence-electron chi connectivity index (χ3n) is 0.711. The highest BCUT2D eigenvalue weighted by molar-refractivity contribution is 7.51. The molecule has 0 saturated heterocycles. The van der Waals surface area contributed by atoms with Crippen LogP contribution in [0.4, 0.5) is 0 Å². The van der Waals surface area contributed by atoms with Gasteiger partial charge >= 0.3 is 7.60 Å². The zero-order valence-corrected chi connectivity index (χ0v) is 7.04. The van der Waals surface area contributed by atoms with Gasteiger partial charge in [0.15, 0.2) is 0 Å². The molecule has 2 N–H and O–H groups in total. The zero-order chi connectivity index (χ0) is 8.20. The maximum Gasteiger partial charge on any atom is 0.350 e. The standard InChI is InChI=1S/C5H13O4P/c1-5(2)3-9-4-10(6,7)8/h5H,3-4H2,1-2H3,(H2,6,7,8). The van der Waals surface area contributed by atoms with Gasteiger partial charge in [-0.05, 0) is 5.92 Å². The van der Waals surface area contributed by atoms with E-state index < -0.39 is 13.9 Å². The van der Waals surface area contributed by atoms with Gasteiger partial charge in [0.05, 0.1) is 0 Å². The molecular formula is C5H13O4P. The largest absolute Gasteiger partial charge is 0.369 e. The quantitative estimate of drug-likeness (QED) is 0.609. The van der Waals surface area contributed by atoms with Crippen molar-refractivity contribution in [2.24, 2.45) is 5.92 Å². The molecule has 4 nitrogen and oxygen atoms in total. The Morgan fingerprint density at radius 2 is 2.00 bits per heavy atom. The predicted octanol–water partition coefficient (Wildman–Crippen LogP) is 0.794. The summed E-state index contributed by atoms with van der Waals surface area (Å²) < 4.78 is 14.9. The van der Waals surface area contributed by atoms with Crippen LogP contribution >= 0.6 is 7.60 Å². The molecule has 0 aliphatic carbocycles. The smallest absolute Gasteiger partial charge is 0.350 e. The van der Waals surface area contributed by atoms with E-state index in [-0.39, 0.29) is 0 Å². The van der Waals surface area contributed by atoms with E-state index in [9.17, 15) is 4.57 Å². The van der Waals surface area contributed by atoms with Crippen LogP contribution in [-0.4, -0.2) is 22.7 Å². The molecule has 0 fully saturated rings. The Hall–Kier alpha value is 0.110. The molecule has 62 valence electrons. The van der Waals surface area contributed by atoms with Gasteiger partial charge in [0.2, 0.25) is 0 Å². The Balaban J connectivity index is 3.30. The average molecular weight is 168 g/mol. The summed E-state index contributed by atoms with van der Waals surface area (Å²) in [5.74, 6) is 0.312. The second kappa shape index (κ2) is 4.09. The fourth-order valence-electron chi connectivity index (χ4n) is 0.407. The first-order chi connectivity index (χ1) is 4.42. The Kier molecular flexibility index (Phi) is 4.13. The Labute approximate surface area is 60.4 Å². The summed E-state index contributed by atoms with van der Waals surface area (Å²) in [4.78, 5) is 16.6. The van der Waals surface area contributed by atoms with Crippen LogP contribution in [-0.2, 0) is 9.30 Å². The molecule has 0 unspecified atom stereocenters. The van der Waals surface area contributed by atoms with E-state index in [4.69, 9.17) is 14.5 Å². The van der Waals surface area contributed by atoms with E-state index in [1.807, 2.05) is 13.8 Å². The van der Waals surface area contributed by atoms with Gasteiger partial charge in [0.25, 0.3) is 0 Å². The molecule has 0 aromatic rings. The van der Waals surface area contributed by atoms with Crippen molar-refractivity contribution in [3.05, 3.63) is 0 Å². The first-order valence-corrected chi connectivity index (χ1v) is 4.84. The van der Waals surface area contributed by atoms with E-state index in [0.717, 1.165) is 0 Å². The summed E-state index contributed by atoms with van der Waals surface area (Å²) in [6.07, 6.45) is -0.467. The minimum absolute atomic E-state index is 0.312. The lowest BCUT2D eigenvalue weighted by atomic mass is 10.2. The Bertz CT molecular complexity index is 128. The van der Waals surface area contributed by atoms with Crippen LogP contribution in [0.5, 0.6) is 0 Å². The molecule has 0 heterocycles. The molecule has 5 heteroatoms. The fraction of sp³-hybridized carbons (Fsp3) is 1.00. The highest BCUT2D eigenvalue weighted by atomic mass is 31.2. The summed E-state index contributed by atoms with van der Waals surface area (Å²) >= 11 is 0. The molecule has 0 spiro atoms. The lowest BCUT2D eigenvalue weighted by Gasteiger charge is -2.06. The zero-order valence-electron chi connectivity index (χ0n) is 6.15. The van der Waals surface area contributed by atoms with Gasteiger partial charge in [0.1, 0.15) is 6.35 Å². The second-order valence-corrected chi connectivity index (χ2v) is 4.15. The van der Waals surface area contributed by atoms with Gasteiger partial charge in [-0.3, -0.25) is 4.57 Å². The van der Waals surface area contributed by atoms with Crippen molar-refractivity contribution >= 4 is 7.60 Å². The molecular weight excluding hydrogens is 155 g/mol. The van der Waals surface area contributed by atoms with Crippen molar-refractivity contribution in [3.8, 4) is 0 Å². The van der Waals surface area contributed by atoms with Crippen LogP contribution < -0.4 is 0 Å². The number of hydrogen-bond donors (Lipinski definition) is 2. The van der Waals surface area contributed by atoms with Gasteiger partial charge < -0.3 is 14.5 Å². The van der Waals surface area contributed by atoms with Crippen LogP contribution in [0, 0.1) is 5.92 Å². The summed E-state index contributed by atoms with van der Waals surface area (Å²) in [7, 11) is -3.94. The average Bonchev–Trinajstić information content (AvgIpc) is 1.59. The molecule has 0 aromatic heterocycles. The van der Waals surface area contributed by atoms with Gasteiger partial charge in [-0.1, -0.05) is 13.8 Å². The predicted molar refractivity (Wildman–Crippen MR) is 37.7 cm³/mol. The second-order valence-electron chi connectivity index (χ2n) is 2.56. The van der Waals surface area contributed by atoms with E-state index in [0.29, 0.717) is 12.5 Å². The van der Waals surface area contributed by atoms with Crippen molar-refractivity contribution in [1.82, 2.24) is 0 Å². The lowest BCUT2D eigenvalue weighted by molar-refractivity contribution is 0.132. The van der Waals surface area contributed by atoms with Crippen molar-refractivity contribution < 1.29 is 19.1 Å². The topological polar surface area (TPSA) is 66.8 Å². The number of rotatable bonds is 4. The SMILES string of the molecule is CC(C)COCP(=O)(O)O. The molecule has 0 radical (unpaired) electrons.